The molecule has 0 radical (unpaired) electrons. The molecule has 0 bridgehead atoms. The Kier molecular flexibility index (Phi) is 4.55. The summed E-state index contributed by atoms with van der Waals surface area (Å²) in [6.07, 6.45) is 6.85. The number of ether oxygens (including phenoxy) is 2. The fourth-order valence-corrected chi connectivity index (χ4v) is 4.50. The fraction of sp³-hybridized carbons (Fsp3) is 0.375. The molecule has 0 spiro atoms. The Balaban J connectivity index is 1.43. The number of allylic oxidation sites excluding steroid dienone is 1. The van der Waals surface area contributed by atoms with E-state index >= 15 is 0 Å². The largest absolute Gasteiger partial charge is 0.478 e. The summed E-state index contributed by atoms with van der Waals surface area (Å²) in [5.41, 5.74) is 3.70. The molecule has 1 fully saturated rings. The fourth-order valence-electron chi connectivity index (χ4n) is 4.50. The highest BCUT2D eigenvalue weighted by Crippen LogP contribution is 2.43. The molecule has 0 atom stereocenters. The zero-order valence-electron chi connectivity index (χ0n) is 17.0. The van der Waals surface area contributed by atoms with Crippen molar-refractivity contribution in [1.82, 2.24) is 4.90 Å². The number of hydrogen-bond donors (Lipinski definition) is 0. The molecule has 5 heteroatoms. The van der Waals surface area contributed by atoms with Crippen molar-refractivity contribution < 1.29 is 14.3 Å². The van der Waals surface area contributed by atoms with Crippen LogP contribution in [0.15, 0.2) is 42.2 Å². The minimum atomic E-state index is -0.0579. The monoisotopic (exact) mass is 390 g/mol. The van der Waals surface area contributed by atoms with Gasteiger partial charge >= 0.3 is 0 Å². The molecule has 1 saturated carbocycles. The van der Waals surface area contributed by atoms with Crippen molar-refractivity contribution in [1.29, 1.82) is 0 Å². The van der Waals surface area contributed by atoms with E-state index in [9.17, 15) is 4.79 Å². The lowest BCUT2D eigenvalue weighted by atomic mass is 10.0. The first-order chi connectivity index (χ1) is 14.1. The van der Waals surface area contributed by atoms with Gasteiger partial charge in [0, 0.05) is 32.4 Å². The summed E-state index contributed by atoms with van der Waals surface area (Å²) >= 11 is 0. The molecule has 150 valence electrons. The smallest absolute Gasteiger partial charge is 0.231 e. The Morgan fingerprint density at radius 3 is 2.55 bits per heavy atom. The Morgan fingerprint density at radius 1 is 1.07 bits per heavy atom. The maximum Gasteiger partial charge on any atom is 0.231 e. The Hall–Kier alpha value is -2.79. The maximum absolute atomic E-state index is 12.9. The molecule has 5 nitrogen and oxygen atoms in total. The van der Waals surface area contributed by atoms with E-state index < -0.39 is 0 Å². The second kappa shape index (κ2) is 7.23. The molecule has 29 heavy (non-hydrogen) atoms. The van der Waals surface area contributed by atoms with E-state index in [-0.39, 0.29) is 5.78 Å². The number of hydrogen-bond acceptors (Lipinski definition) is 5. The van der Waals surface area contributed by atoms with Crippen LogP contribution in [0, 0.1) is 0 Å². The van der Waals surface area contributed by atoms with Crippen molar-refractivity contribution in [3.05, 3.63) is 58.8 Å². The van der Waals surface area contributed by atoms with E-state index in [1.807, 2.05) is 61.5 Å². The standard InChI is InChI=1S/C24H26N2O3/c1-25(2)17-9-7-16(8-10-17)13-22-23(27)19-11-12-21-20(24(19)29-22)14-26(15-28-21)18-5-3-4-6-18/h7-13,18H,3-6,14-15H2,1-2H3/b22-13-. The summed E-state index contributed by atoms with van der Waals surface area (Å²) in [6, 6.07) is 12.4. The lowest BCUT2D eigenvalue weighted by molar-refractivity contribution is 0.0567. The SMILES string of the molecule is CN(C)c1ccc(/C=C2\Oc3c(ccc4c3CN(C3CCCC3)CO4)C2=O)cc1. The number of Topliss-reactive ketones (excluding diaryl/α,β-unsaturated/α-hetero) is 1. The molecule has 0 N–H and O–H groups in total. The third-order valence-corrected chi connectivity index (χ3v) is 6.19. The number of rotatable bonds is 3. The van der Waals surface area contributed by atoms with Gasteiger partial charge in [-0.05, 0) is 48.7 Å². The number of carbonyl (C=O) groups excluding carboxylic acids is 1. The second-order valence-corrected chi connectivity index (χ2v) is 8.30. The van der Waals surface area contributed by atoms with Gasteiger partial charge in [-0.1, -0.05) is 25.0 Å². The van der Waals surface area contributed by atoms with E-state index in [1.165, 1.54) is 25.7 Å². The van der Waals surface area contributed by atoms with Gasteiger partial charge in [-0.3, -0.25) is 9.69 Å². The van der Waals surface area contributed by atoms with Crippen LogP contribution in [0.25, 0.3) is 6.08 Å². The molecule has 5 rings (SSSR count). The van der Waals surface area contributed by atoms with Crippen molar-refractivity contribution in [3.63, 3.8) is 0 Å². The van der Waals surface area contributed by atoms with Crippen LogP contribution in [0.2, 0.25) is 0 Å². The number of nitrogens with zero attached hydrogens (tertiary/aromatic N) is 2. The first kappa shape index (κ1) is 18.3. The van der Waals surface area contributed by atoms with Crippen LogP contribution in [0.4, 0.5) is 5.69 Å². The number of fused-ring (bicyclic) bond motifs is 3. The van der Waals surface area contributed by atoms with E-state index in [0.717, 1.165) is 29.1 Å². The highest BCUT2D eigenvalue weighted by atomic mass is 16.5. The molecule has 2 aromatic carbocycles. The molecule has 0 aromatic heterocycles. The van der Waals surface area contributed by atoms with Crippen LogP contribution in [0.3, 0.4) is 0 Å². The molecule has 0 unspecified atom stereocenters. The van der Waals surface area contributed by atoms with Gasteiger partial charge in [-0.2, -0.15) is 0 Å². The molecule has 3 aliphatic rings. The topological polar surface area (TPSA) is 42.0 Å². The minimum Gasteiger partial charge on any atom is -0.478 e. The van der Waals surface area contributed by atoms with Crippen molar-refractivity contribution in [2.45, 2.75) is 38.3 Å². The lowest BCUT2D eigenvalue weighted by Gasteiger charge is -2.33. The van der Waals surface area contributed by atoms with Crippen LogP contribution in [0.1, 0.15) is 47.2 Å². The number of ketones is 1. The maximum atomic E-state index is 12.9. The molecule has 0 amide bonds. The quantitative estimate of drug-likeness (QED) is 0.724. The Labute approximate surface area is 171 Å². The van der Waals surface area contributed by atoms with Gasteiger partial charge in [0.15, 0.2) is 5.76 Å². The van der Waals surface area contributed by atoms with Crippen LogP contribution in [-0.2, 0) is 6.54 Å². The number of carbonyl (C=O) groups is 1. The number of benzene rings is 2. The summed E-state index contributed by atoms with van der Waals surface area (Å²) in [5, 5.41) is 0. The summed E-state index contributed by atoms with van der Waals surface area (Å²) in [7, 11) is 4.02. The predicted molar refractivity (Wildman–Crippen MR) is 113 cm³/mol. The van der Waals surface area contributed by atoms with E-state index in [4.69, 9.17) is 9.47 Å². The van der Waals surface area contributed by atoms with Gasteiger partial charge in [0.05, 0.1) is 11.1 Å². The van der Waals surface area contributed by atoms with Crippen molar-refractivity contribution >= 4 is 17.5 Å². The summed E-state index contributed by atoms with van der Waals surface area (Å²) in [4.78, 5) is 17.4. The highest BCUT2D eigenvalue weighted by molar-refractivity contribution is 6.15. The summed E-state index contributed by atoms with van der Waals surface area (Å²) < 4.78 is 12.1. The van der Waals surface area contributed by atoms with Crippen molar-refractivity contribution in [2.24, 2.45) is 0 Å². The minimum absolute atomic E-state index is 0.0579. The zero-order valence-corrected chi connectivity index (χ0v) is 17.0. The number of anilines is 1. The average Bonchev–Trinajstić information content (AvgIpc) is 3.37. The van der Waals surface area contributed by atoms with Crippen LogP contribution < -0.4 is 14.4 Å². The van der Waals surface area contributed by atoms with Gasteiger partial charge in [-0.15, -0.1) is 0 Å². The van der Waals surface area contributed by atoms with Gasteiger partial charge in [0.2, 0.25) is 5.78 Å². The van der Waals surface area contributed by atoms with Gasteiger partial charge in [-0.25, -0.2) is 0 Å². The van der Waals surface area contributed by atoms with E-state index in [1.54, 1.807) is 0 Å². The Morgan fingerprint density at radius 2 is 1.83 bits per heavy atom. The van der Waals surface area contributed by atoms with Gasteiger partial charge in [0.1, 0.15) is 18.2 Å². The van der Waals surface area contributed by atoms with E-state index in [0.29, 0.717) is 29.8 Å². The molecular formula is C24H26N2O3. The highest BCUT2D eigenvalue weighted by Gasteiger charge is 2.35. The molecule has 1 aliphatic carbocycles. The molecular weight excluding hydrogens is 364 g/mol. The third-order valence-electron chi connectivity index (χ3n) is 6.19. The molecule has 2 aliphatic heterocycles. The van der Waals surface area contributed by atoms with E-state index in [2.05, 4.69) is 4.90 Å². The Bertz CT molecular complexity index is 972. The van der Waals surface area contributed by atoms with Crippen molar-refractivity contribution in [3.8, 4) is 11.5 Å². The summed E-state index contributed by atoms with van der Waals surface area (Å²) in [6.45, 7) is 1.40. The van der Waals surface area contributed by atoms with Crippen LogP contribution >= 0.6 is 0 Å². The first-order valence-corrected chi connectivity index (χ1v) is 10.3. The normalized spacial score (nSPS) is 20.3. The van der Waals surface area contributed by atoms with Crippen LogP contribution in [0.5, 0.6) is 11.5 Å². The zero-order chi connectivity index (χ0) is 20.0. The summed E-state index contributed by atoms with van der Waals surface area (Å²) in [5.74, 6) is 1.83. The predicted octanol–water partition coefficient (Wildman–Crippen LogP) is 4.46. The molecule has 2 heterocycles. The van der Waals surface area contributed by atoms with Crippen molar-refractivity contribution in [2.75, 3.05) is 25.7 Å². The third kappa shape index (κ3) is 3.29. The lowest BCUT2D eigenvalue weighted by Crippen LogP contribution is -2.39. The first-order valence-electron chi connectivity index (χ1n) is 10.3. The van der Waals surface area contributed by atoms with Gasteiger partial charge < -0.3 is 14.4 Å². The van der Waals surface area contributed by atoms with Crippen LogP contribution in [-0.4, -0.2) is 37.6 Å². The average molecular weight is 390 g/mol. The molecule has 0 saturated heterocycles. The molecule has 2 aromatic rings. The van der Waals surface area contributed by atoms with Gasteiger partial charge in [0.25, 0.3) is 0 Å². The second-order valence-electron chi connectivity index (χ2n) is 8.30.